The molecular weight excluding hydrogens is 420 g/mol. The van der Waals surface area contributed by atoms with Gasteiger partial charge < -0.3 is 14.7 Å². The molecule has 1 spiro atoms. The fourth-order valence-electron chi connectivity index (χ4n) is 4.51. The van der Waals surface area contributed by atoms with Crippen molar-refractivity contribution in [1.82, 2.24) is 9.80 Å². The molecule has 31 heavy (non-hydrogen) atoms. The molecule has 0 bridgehead atoms. The molecule has 2 saturated heterocycles. The van der Waals surface area contributed by atoms with Crippen molar-refractivity contribution in [2.75, 3.05) is 39.4 Å². The SMILES string of the molecule is O=C(O)C(F)(F)F.O=C(c1ccc(F)cc1)N1CCC2(CC1)CC(N1CCOCC1)C2. The van der Waals surface area contributed by atoms with E-state index in [0.717, 1.165) is 52.2 Å². The Morgan fingerprint density at radius 2 is 1.52 bits per heavy atom. The van der Waals surface area contributed by atoms with Gasteiger partial charge in [0.2, 0.25) is 0 Å². The Bertz CT molecular complexity index is 763. The summed E-state index contributed by atoms with van der Waals surface area (Å²) in [7, 11) is 0. The zero-order valence-corrected chi connectivity index (χ0v) is 17.0. The molecule has 1 aliphatic carbocycles. The predicted molar refractivity (Wildman–Crippen MR) is 103 cm³/mol. The number of hydrogen-bond acceptors (Lipinski definition) is 4. The number of ether oxygens (including phenoxy) is 1. The highest BCUT2D eigenvalue weighted by Gasteiger charge is 2.48. The van der Waals surface area contributed by atoms with Crippen molar-refractivity contribution in [3.63, 3.8) is 0 Å². The molecule has 4 rings (SSSR count). The maximum absolute atomic E-state index is 13.0. The quantitative estimate of drug-likeness (QED) is 0.707. The number of aliphatic carboxylic acids is 1. The third kappa shape index (κ3) is 5.94. The van der Waals surface area contributed by atoms with Gasteiger partial charge in [-0.3, -0.25) is 9.69 Å². The zero-order valence-electron chi connectivity index (χ0n) is 17.0. The van der Waals surface area contributed by atoms with Gasteiger partial charge in [-0.1, -0.05) is 0 Å². The molecular formula is C21H26F4N2O4. The highest BCUT2D eigenvalue weighted by atomic mass is 19.4. The summed E-state index contributed by atoms with van der Waals surface area (Å²) in [6, 6.07) is 6.60. The number of rotatable bonds is 2. The van der Waals surface area contributed by atoms with Crippen LogP contribution in [0.1, 0.15) is 36.0 Å². The predicted octanol–water partition coefficient (Wildman–Crippen LogP) is 3.18. The number of carboxylic acid groups (broad SMARTS) is 1. The Morgan fingerprint density at radius 3 is 2.00 bits per heavy atom. The second-order valence-corrected chi connectivity index (χ2v) is 8.31. The van der Waals surface area contributed by atoms with Crippen LogP contribution in [0.15, 0.2) is 24.3 Å². The third-order valence-corrected chi connectivity index (χ3v) is 6.34. The minimum Gasteiger partial charge on any atom is -0.475 e. The van der Waals surface area contributed by atoms with E-state index in [0.29, 0.717) is 17.0 Å². The summed E-state index contributed by atoms with van der Waals surface area (Å²) in [6.45, 7) is 5.51. The molecule has 2 aliphatic heterocycles. The number of amides is 1. The van der Waals surface area contributed by atoms with Gasteiger partial charge in [0.05, 0.1) is 13.2 Å². The molecule has 6 nitrogen and oxygen atoms in total. The number of carbonyl (C=O) groups is 2. The van der Waals surface area contributed by atoms with Gasteiger partial charge >= 0.3 is 12.1 Å². The fraction of sp³-hybridized carbons (Fsp3) is 0.619. The number of likely N-dealkylation sites (tertiary alicyclic amines) is 1. The van der Waals surface area contributed by atoms with E-state index in [1.807, 2.05) is 4.90 Å². The van der Waals surface area contributed by atoms with Crippen molar-refractivity contribution < 1.29 is 37.0 Å². The second kappa shape index (κ2) is 9.52. The van der Waals surface area contributed by atoms with Gasteiger partial charge in [0.25, 0.3) is 5.91 Å². The van der Waals surface area contributed by atoms with Gasteiger partial charge in [0.1, 0.15) is 5.82 Å². The molecule has 2 heterocycles. The number of morpholine rings is 1. The van der Waals surface area contributed by atoms with E-state index in [1.165, 1.54) is 25.0 Å². The van der Waals surface area contributed by atoms with Crippen LogP contribution in [0.5, 0.6) is 0 Å². The van der Waals surface area contributed by atoms with Gasteiger partial charge in [0, 0.05) is 37.8 Å². The third-order valence-electron chi connectivity index (χ3n) is 6.34. The van der Waals surface area contributed by atoms with Crippen LogP contribution in [0, 0.1) is 11.2 Å². The number of carboxylic acids is 1. The Balaban J connectivity index is 0.000000339. The van der Waals surface area contributed by atoms with Gasteiger partial charge in [-0.15, -0.1) is 0 Å². The average Bonchev–Trinajstić information content (AvgIpc) is 2.72. The first-order valence-electron chi connectivity index (χ1n) is 10.3. The zero-order chi connectivity index (χ0) is 22.6. The number of nitrogens with zero attached hydrogens (tertiary/aromatic N) is 2. The number of piperidine rings is 1. The molecule has 0 atom stereocenters. The minimum absolute atomic E-state index is 0.0360. The van der Waals surface area contributed by atoms with Crippen LogP contribution in [0.2, 0.25) is 0 Å². The number of halogens is 4. The maximum atomic E-state index is 13.0. The summed E-state index contributed by atoms with van der Waals surface area (Å²) >= 11 is 0. The van der Waals surface area contributed by atoms with Crippen molar-refractivity contribution in [1.29, 1.82) is 0 Å². The number of benzene rings is 1. The standard InChI is InChI=1S/C19H25FN2O2.C2HF3O2/c20-16-3-1-15(2-4-16)18(23)22-7-5-19(6-8-22)13-17(14-19)21-9-11-24-12-10-21;3-2(4,5)1(6)7/h1-4,17H,5-14H2;(H,6,7). The lowest BCUT2D eigenvalue weighted by atomic mass is 9.60. The minimum atomic E-state index is -5.08. The summed E-state index contributed by atoms with van der Waals surface area (Å²) in [6.07, 6.45) is -0.349. The highest BCUT2D eigenvalue weighted by Crippen LogP contribution is 2.51. The van der Waals surface area contributed by atoms with Crippen LogP contribution in [-0.4, -0.2) is 78.4 Å². The Kier molecular flexibility index (Phi) is 7.20. The summed E-state index contributed by atoms with van der Waals surface area (Å²) in [5, 5.41) is 7.12. The van der Waals surface area contributed by atoms with Crippen molar-refractivity contribution >= 4 is 11.9 Å². The van der Waals surface area contributed by atoms with Crippen LogP contribution in [-0.2, 0) is 9.53 Å². The monoisotopic (exact) mass is 446 g/mol. The Morgan fingerprint density at radius 1 is 1.00 bits per heavy atom. The molecule has 3 fully saturated rings. The summed E-state index contributed by atoms with van der Waals surface area (Å²) in [4.78, 5) is 25.9. The molecule has 0 aromatic heterocycles. The lowest BCUT2D eigenvalue weighted by molar-refractivity contribution is -0.192. The largest absolute Gasteiger partial charge is 0.490 e. The molecule has 172 valence electrons. The highest BCUT2D eigenvalue weighted by molar-refractivity contribution is 5.94. The van der Waals surface area contributed by atoms with E-state index in [9.17, 15) is 22.4 Å². The van der Waals surface area contributed by atoms with E-state index in [4.69, 9.17) is 14.6 Å². The Hall–Kier alpha value is -2.20. The van der Waals surface area contributed by atoms with Crippen LogP contribution in [0.25, 0.3) is 0 Å². The molecule has 1 saturated carbocycles. The molecule has 1 aromatic carbocycles. The maximum Gasteiger partial charge on any atom is 0.490 e. The van der Waals surface area contributed by atoms with E-state index < -0.39 is 12.1 Å². The molecule has 0 radical (unpaired) electrons. The molecule has 1 amide bonds. The van der Waals surface area contributed by atoms with E-state index >= 15 is 0 Å². The Labute approximate surface area is 177 Å². The van der Waals surface area contributed by atoms with E-state index in [2.05, 4.69) is 4.90 Å². The lowest BCUT2D eigenvalue weighted by Gasteiger charge is -2.55. The summed E-state index contributed by atoms with van der Waals surface area (Å²) in [5.41, 5.74) is 1.04. The van der Waals surface area contributed by atoms with Gasteiger partial charge in [-0.25, -0.2) is 9.18 Å². The summed E-state index contributed by atoms with van der Waals surface area (Å²) < 4.78 is 50.2. The number of hydrogen-bond donors (Lipinski definition) is 1. The second-order valence-electron chi connectivity index (χ2n) is 8.31. The van der Waals surface area contributed by atoms with Crippen molar-refractivity contribution in [3.05, 3.63) is 35.6 Å². The van der Waals surface area contributed by atoms with Crippen molar-refractivity contribution in [2.45, 2.75) is 37.9 Å². The number of carbonyl (C=O) groups excluding carboxylic acids is 1. The van der Waals surface area contributed by atoms with E-state index in [-0.39, 0.29) is 11.7 Å². The smallest absolute Gasteiger partial charge is 0.475 e. The number of alkyl halides is 3. The average molecular weight is 446 g/mol. The molecule has 10 heteroatoms. The fourth-order valence-corrected chi connectivity index (χ4v) is 4.51. The van der Waals surface area contributed by atoms with E-state index in [1.54, 1.807) is 12.1 Å². The lowest BCUT2D eigenvalue weighted by Crippen LogP contribution is -2.57. The van der Waals surface area contributed by atoms with Gasteiger partial charge in [0.15, 0.2) is 0 Å². The molecule has 1 N–H and O–H groups in total. The topological polar surface area (TPSA) is 70.1 Å². The summed E-state index contributed by atoms with van der Waals surface area (Å²) in [5.74, 6) is -3.02. The van der Waals surface area contributed by atoms with Crippen LogP contribution < -0.4 is 0 Å². The van der Waals surface area contributed by atoms with Crippen molar-refractivity contribution in [3.8, 4) is 0 Å². The molecule has 0 unspecified atom stereocenters. The van der Waals surface area contributed by atoms with Crippen LogP contribution in [0.4, 0.5) is 17.6 Å². The van der Waals surface area contributed by atoms with Crippen LogP contribution in [0.3, 0.4) is 0 Å². The molecule has 1 aromatic rings. The van der Waals surface area contributed by atoms with Crippen molar-refractivity contribution in [2.24, 2.45) is 5.41 Å². The van der Waals surface area contributed by atoms with Gasteiger partial charge in [-0.05, 0) is 55.4 Å². The first kappa shape index (κ1) is 23.5. The first-order chi connectivity index (χ1) is 14.6. The normalized spacial score (nSPS) is 21.7. The molecule has 3 aliphatic rings. The van der Waals surface area contributed by atoms with Crippen LogP contribution >= 0.6 is 0 Å². The van der Waals surface area contributed by atoms with Gasteiger partial charge in [-0.2, -0.15) is 13.2 Å². The first-order valence-corrected chi connectivity index (χ1v) is 10.3.